The molecule has 0 fully saturated rings. The van der Waals surface area contributed by atoms with Crippen LogP contribution in [0.3, 0.4) is 0 Å². The van der Waals surface area contributed by atoms with Crippen LogP contribution in [0.1, 0.15) is 23.6 Å². The van der Waals surface area contributed by atoms with E-state index in [1.807, 2.05) is 19.1 Å². The third-order valence-electron chi connectivity index (χ3n) is 3.77. The first-order valence-corrected chi connectivity index (χ1v) is 8.66. The molecule has 4 nitrogen and oxygen atoms in total. The second-order valence-corrected chi connectivity index (χ2v) is 6.78. The molecule has 0 radical (unpaired) electrons. The maximum Gasteiger partial charge on any atom is 0.234 e. The van der Waals surface area contributed by atoms with Crippen LogP contribution in [-0.2, 0) is 17.8 Å². The fraction of sp³-hybridized carbons (Fsp3) is 0.333. The average molecular weight is 328 g/mol. The van der Waals surface area contributed by atoms with Crippen molar-refractivity contribution in [2.45, 2.75) is 37.0 Å². The molecule has 1 aliphatic heterocycles. The van der Waals surface area contributed by atoms with Gasteiger partial charge in [0.25, 0.3) is 0 Å². The molecule has 0 saturated carbocycles. The SMILES string of the molecule is CCOc1ncccc1CNC(=O)[C@H]1Cc2ccc(C)cc2S1. The predicted octanol–water partition coefficient (Wildman–Crippen LogP) is 3.12. The lowest BCUT2D eigenvalue weighted by Gasteiger charge is -2.12. The molecule has 3 rings (SSSR count). The molecule has 0 aliphatic carbocycles. The number of carbonyl (C=O) groups excluding carboxylic acids is 1. The van der Waals surface area contributed by atoms with Gasteiger partial charge in [-0.3, -0.25) is 4.79 Å². The Morgan fingerprint density at radius 2 is 2.30 bits per heavy atom. The summed E-state index contributed by atoms with van der Waals surface area (Å²) in [7, 11) is 0. The number of hydrogen-bond donors (Lipinski definition) is 1. The van der Waals surface area contributed by atoms with Crippen molar-refractivity contribution in [3.8, 4) is 5.88 Å². The second-order valence-electron chi connectivity index (χ2n) is 5.54. The number of rotatable bonds is 5. The number of fused-ring (bicyclic) bond motifs is 1. The molecular weight excluding hydrogens is 308 g/mol. The normalized spacial score (nSPS) is 16.0. The standard InChI is InChI=1S/C18H20N2O2S/c1-3-22-18-14(5-4-8-19-18)11-20-17(21)16-10-13-7-6-12(2)9-15(13)23-16/h4-9,16H,3,10-11H2,1-2H3,(H,20,21)/t16-/m1/s1. The number of ether oxygens (including phenoxy) is 1. The van der Waals surface area contributed by atoms with Crippen molar-refractivity contribution in [2.75, 3.05) is 6.61 Å². The number of amides is 1. The molecule has 1 aliphatic rings. The van der Waals surface area contributed by atoms with E-state index in [0.717, 1.165) is 12.0 Å². The van der Waals surface area contributed by atoms with Gasteiger partial charge in [-0.05, 0) is 38.0 Å². The Kier molecular flexibility index (Phi) is 4.86. The van der Waals surface area contributed by atoms with Crippen molar-refractivity contribution >= 4 is 17.7 Å². The first-order valence-electron chi connectivity index (χ1n) is 7.78. The van der Waals surface area contributed by atoms with Gasteiger partial charge in [0, 0.05) is 23.2 Å². The summed E-state index contributed by atoms with van der Waals surface area (Å²) < 4.78 is 5.49. The molecule has 1 atom stereocenters. The summed E-state index contributed by atoms with van der Waals surface area (Å²) in [6.45, 7) is 5.00. The fourth-order valence-corrected chi connectivity index (χ4v) is 3.92. The highest BCUT2D eigenvalue weighted by Gasteiger charge is 2.28. The summed E-state index contributed by atoms with van der Waals surface area (Å²) in [6, 6.07) is 10.2. The monoisotopic (exact) mass is 328 g/mol. The van der Waals surface area contributed by atoms with Gasteiger partial charge >= 0.3 is 0 Å². The van der Waals surface area contributed by atoms with Gasteiger partial charge in [0.05, 0.1) is 11.9 Å². The summed E-state index contributed by atoms with van der Waals surface area (Å²) in [6.07, 6.45) is 2.49. The molecule has 5 heteroatoms. The summed E-state index contributed by atoms with van der Waals surface area (Å²) in [5.41, 5.74) is 3.39. The molecule has 2 heterocycles. The zero-order valence-corrected chi connectivity index (χ0v) is 14.2. The molecule has 1 amide bonds. The van der Waals surface area contributed by atoms with Gasteiger partial charge < -0.3 is 10.1 Å². The Morgan fingerprint density at radius 1 is 1.43 bits per heavy atom. The average Bonchev–Trinajstić information content (AvgIpc) is 2.97. The maximum absolute atomic E-state index is 12.4. The molecule has 1 aromatic carbocycles. The van der Waals surface area contributed by atoms with Crippen LogP contribution in [0.4, 0.5) is 0 Å². The molecule has 23 heavy (non-hydrogen) atoms. The van der Waals surface area contributed by atoms with Gasteiger partial charge in [-0.1, -0.05) is 23.8 Å². The Balaban J connectivity index is 1.61. The number of nitrogens with zero attached hydrogens (tertiary/aromatic N) is 1. The zero-order valence-electron chi connectivity index (χ0n) is 13.3. The first kappa shape index (κ1) is 15.9. The highest BCUT2D eigenvalue weighted by atomic mass is 32.2. The smallest absolute Gasteiger partial charge is 0.234 e. The van der Waals surface area contributed by atoms with E-state index in [4.69, 9.17) is 4.74 Å². The highest BCUT2D eigenvalue weighted by Crippen LogP contribution is 2.37. The molecular formula is C18H20N2O2S. The van der Waals surface area contributed by atoms with Gasteiger partial charge in [-0.15, -0.1) is 11.8 Å². The predicted molar refractivity (Wildman–Crippen MR) is 91.8 cm³/mol. The highest BCUT2D eigenvalue weighted by molar-refractivity contribution is 8.01. The molecule has 2 aromatic rings. The molecule has 0 saturated heterocycles. The number of pyridine rings is 1. The number of aryl methyl sites for hydroxylation is 1. The lowest BCUT2D eigenvalue weighted by Crippen LogP contribution is -2.32. The number of thioether (sulfide) groups is 1. The van der Waals surface area contributed by atoms with Crippen molar-refractivity contribution in [3.05, 3.63) is 53.2 Å². The molecule has 1 N–H and O–H groups in total. The molecule has 0 bridgehead atoms. The van der Waals surface area contributed by atoms with Crippen molar-refractivity contribution in [2.24, 2.45) is 0 Å². The van der Waals surface area contributed by atoms with Crippen LogP contribution >= 0.6 is 11.8 Å². The zero-order chi connectivity index (χ0) is 16.2. The topological polar surface area (TPSA) is 51.2 Å². The molecule has 0 spiro atoms. The summed E-state index contributed by atoms with van der Waals surface area (Å²) in [5, 5.41) is 2.95. The van der Waals surface area contributed by atoms with Crippen LogP contribution in [0.5, 0.6) is 5.88 Å². The van der Waals surface area contributed by atoms with Crippen molar-refractivity contribution in [1.82, 2.24) is 10.3 Å². The first-order chi connectivity index (χ1) is 11.2. The summed E-state index contributed by atoms with van der Waals surface area (Å²) in [4.78, 5) is 17.9. The van der Waals surface area contributed by atoms with Crippen LogP contribution in [-0.4, -0.2) is 22.7 Å². The minimum Gasteiger partial charge on any atom is -0.478 e. The Morgan fingerprint density at radius 3 is 3.13 bits per heavy atom. The van der Waals surface area contributed by atoms with Crippen LogP contribution in [0.25, 0.3) is 0 Å². The number of carbonyl (C=O) groups is 1. The number of hydrogen-bond acceptors (Lipinski definition) is 4. The van der Waals surface area contributed by atoms with E-state index in [-0.39, 0.29) is 11.2 Å². The second kappa shape index (κ2) is 7.04. The summed E-state index contributed by atoms with van der Waals surface area (Å²) >= 11 is 1.65. The molecule has 120 valence electrons. The minimum atomic E-state index is -0.0565. The minimum absolute atomic E-state index is 0.0565. The van der Waals surface area contributed by atoms with Crippen LogP contribution < -0.4 is 10.1 Å². The van der Waals surface area contributed by atoms with Crippen LogP contribution in [0, 0.1) is 6.92 Å². The maximum atomic E-state index is 12.4. The van der Waals surface area contributed by atoms with E-state index in [0.29, 0.717) is 19.0 Å². The number of nitrogens with one attached hydrogen (secondary N) is 1. The number of benzene rings is 1. The number of aromatic nitrogens is 1. The van der Waals surface area contributed by atoms with Crippen molar-refractivity contribution in [3.63, 3.8) is 0 Å². The van der Waals surface area contributed by atoms with E-state index in [1.165, 1.54) is 16.0 Å². The third kappa shape index (κ3) is 3.67. The van der Waals surface area contributed by atoms with Crippen LogP contribution in [0.15, 0.2) is 41.4 Å². The molecule has 1 aromatic heterocycles. The van der Waals surface area contributed by atoms with E-state index in [2.05, 4.69) is 35.4 Å². The van der Waals surface area contributed by atoms with Crippen molar-refractivity contribution in [1.29, 1.82) is 0 Å². The lowest BCUT2D eigenvalue weighted by molar-refractivity contribution is -0.120. The van der Waals surface area contributed by atoms with Gasteiger partial charge in [-0.25, -0.2) is 4.98 Å². The van der Waals surface area contributed by atoms with Gasteiger partial charge in [-0.2, -0.15) is 0 Å². The van der Waals surface area contributed by atoms with Gasteiger partial charge in [0.1, 0.15) is 0 Å². The van der Waals surface area contributed by atoms with E-state index in [9.17, 15) is 4.79 Å². The molecule has 0 unspecified atom stereocenters. The van der Waals surface area contributed by atoms with E-state index in [1.54, 1.807) is 18.0 Å². The largest absolute Gasteiger partial charge is 0.478 e. The summed E-state index contributed by atoms with van der Waals surface area (Å²) in [5.74, 6) is 0.656. The Bertz CT molecular complexity index is 718. The Labute approximate surface area is 140 Å². The van der Waals surface area contributed by atoms with Crippen LogP contribution in [0.2, 0.25) is 0 Å². The Hall–Kier alpha value is -2.01. The quantitative estimate of drug-likeness (QED) is 0.916. The van der Waals surface area contributed by atoms with Crippen molar-refractivity contribution < 1.29 is 9.53 Å². The van der Waals surface area contributed by atoms with Gasteiger partial charge in [0.15, 0.2) is 0 Å². The fourth-order valence-electron chi connectivity index (χ4n) is 2.60. The van der Waals surface area contributed by atoms with Gasteiger partial charge in [0.2, 0.25) is 11.8 Å². The third-order valence-corrected chi connectivity index (χ3v) is 5.07. The lowest BCUT2D eigenvalue weighted by atomic mass is 10.1. The van der Waals surface area contributed by atoms with E-state index < -0.39 is 0 Å². The van der Waals surface area contributed by atoms with E-state index >= 15 is 0 Å².